The summed E-state index contributed by atoms with van der Waals surface area (Å²) in [6, 6.07) is -0.252. The molecular weight excluding hydrogens is 337 g/mol. The van der Waals surface area contributed by atoms with Gasteiger partial charge in [-0.1, -0.05) is 0 Å². The topological polar surface area (TPSA) is 77.8 Å². The Morgan fingerprint density at radius 1 is 1.05 bits per heavy atom. The molecule has 22 heavy (non-hydrogen) atoms. The lowest BCUT2D eigenvalue weighted by Crippen LogP contribution is -2.31. The molecule has 2 atom stereocenters. The number of halogens is 5. The van der Waals surface area contributed by atoms with Crippen molar-refractivity contribution in [1.82, 2.24) is 4.31 Å². The van der Waals surface area contributed by atoms with E-state index < -0.39 is 63.6 Å². The minimum absolute atomic E-state index is 0.126. The van der Waals surface area contributed by atoms with E-state index >= 15 is 0 Å². The van der Waals surface area contributed by atoms with E-state index in [1.54, 1.807) is 0 Å². The maximum atomic E-state index is 13.7. The first kappa shape index (κ1) is 17.1. The quantitative estimate of drug-likeness (QED) is 0.773. The second-order valence-electron chi connectivity index (χ2n) is 4.72. The average Bonchev–Trinajstić information content (AvgIpc) is 2.68. The van der Waals surface area contributed by atoms with Crippen molar-refractivity contribution in [2.45, 2.75) is 23.3 Å². The summed E-state index contributed by atoms with van der Waals surface area (Å²) in [5.41, 5.74) is -1.66. The molecule has 0 saturated carbocycles. The van der Waals surface area contributed by atoms with Crippen molar-refractivity contribution in [3.05, 3.63) is 29.3 Å². The smallest absolute Gasteiger partial charge is 0.389 e. The number of rotatable bonds is 2. The second-order valence-corrected chi connectivity index (χ2v) is 6.60. The zero-order valence-corrected chi connectivity index (χ0v) is 11.5. The number of sulfonamides is 1. The Morgan fingerprint density at radius 2 is 1.45 bits per heavy atom. The van der Waals surface area contributed by atoms with Crippen molar-refractivity contribution in [2.75, 3.05) is 13.1 Å². The van der Waals surface area contributed by atoms with Crippen LogP contribution in [-0.2, 0) is 16.2 Å². The Hall–Kier alpha value is -1.30. The van der Waals surface area contributed by atoms with Gasteiger partial charge >= 0.3 is 6.18 Å². The summed E-state index contributed by atoms with van der Waals surface area (Å²) in [4.78, 5) is -1.55. The van der Waals surface area contributed by atoms with Crippen molar-refractivity contribution in [2.24, 2.45) is 0 Å². The molecule has 2 N–H and O–H groups in total. The number of aliphatic hydroxyl groups is 2. The highest BCUT2D eigenvalue weighted by Gasteiger charge is 2.41. The van der Waals surface area contributed by atoms with Gasteiger partial charge in [0.2, 0.25) is 10.0 Å². The molecule has 2 rings (SSSR count). The molecular formula is C11H10F5NO4S. The zero-order valence-electron chi connectivity index (χ0n) is 10.7. The van der Waals surface area contributed by atoms with Gasteiger partial charge in [-0.15, -0.1) is 0 Å². The van der Waals surface area contributed by atoms with E-state index in [-0.39, 0.29) is 12.1 Å². The van der Waals surface area contributed by atoms with Crippen LogP contribution in [-0.4, -0.2) is 48.2 Å². The van der Waals surface area contributed by atoms with Crippen LogP contribution in [0.4, 0.5) is 22.0 Å². The lowest BCUT2D eigenvalue weighted by molar-refractivity contribution is -0.138. The predicted octanol–water partition coefficient (Wildman–Crippen LogP) is 0.710. The van der Waals surface area contributed by atoms with Crippen molar-refractivity contribution in [3.8, 4) is 0 Å². The molecule has 1 aromatic rings. The number of β-amino-alcohol motifs (C(OH)–C–C–N with tert-alkyl or cyclic N) is 2. The molecule has 1 aliphatic rings. The number of aliphatic hydroxyl groups excluding tert-OH is 2. The van der Waals surface area contributed by atoms with Crippen molar-refractivity contribution in [3.63, 3.8) is 0 Å². The molecule has 5 nitrogen and oxygen atoms in total. The van der Waals surface area contributed by atoms with E-state index in [1.165, 1.54) is 0 Å². The fourth-order valence-corrected chi connectivity index (χ4v) is 3.60. The van der Waals surface area contributed by atoms with Crippen LogP contribution in [0.1, 0.15) is 5.56 Å². The summed E-state index contributed by atoms with van der Waals surface area (Å²) in [6.45, 7) is -1.24. The molecule has 1 heterocycles. The fourth-order valence-electron chi connectivity index (χ4n) is 2.03. The molecule has 124 valence electrons. The van der Waals surface area contributed by atoms with Gasteiger partial charge in [-0.2, -0.15) is 17.5 Å². The van der Waals surface area contributed by atoms with Gasteiger partial charge in [0.05, 0.1) is 17.8 Å². The normalized spacial score (nSPS) is 24.0. The number of hydrogen-bond donors (Lipinski definition) is 2. The van der Waals surface area contributed by atoms with Gasteiger partial charge < -0.3 is 10.2 Å². The summed E-state index contributed by atoms with van der Waals surface area (Å²) in [5.74, 6) is -3.80. The van der Waals surface area contributed by atoms with E-state index in [9.17, 15) is 40.6 Å². The summed E-state index contributed by atoms with van der Waals surface area (Å²) in [5, 5.41) is 18.6. The first-order valence-corrected chi connectivity index (χ1v) is 7.31. The molecule has 1 aliphatic heterocycles. The molecule has 1 saturated heterocycles. The highest BCUT2D eigenvalue weighted by molar-refractivity contribution is 7.89. The van der Waals surface area contributed by atoms with E-state index in [4.69, 9.17) is 0 Å². The van der Waals surface area contributed by atoms with E-state index in [1.807, 2.05) is 0 Å². The largest absolute Gasteiger partial charge is 0.416 e. The molecule has 1 fully saturated rings. The third-order valence-electron chi connectivity index (χ3n) is 3.15. The highest BCUT2D eigenvalue weighted by Crippen LogP contribution is 2.34. The van der Waals surface area contributed by atoms with E-state index in [2.05, 4.69) is 0 Å². The molecule has 0 spiro atoms. The molecule has 0 aliphatic carbocycles. The Kier molecular flexibility index (Phi) is 4.19. The summed E-state index contributed by atoms with van der Waals surface area (Å²) < 4.78 is 89.2. The van der Waals surface area contributed by atoms with Crippen LogP contribution in [0.2, 0.25) is 0 Å². The summed E-state index contributed by atoms with van der Waals surface area (Å²) >= 11 is 0. The van der Waals surface area contributed by atoms with Gasteiger partial charge in [0.25, 0.3) is 0 Å². The lowest BCUT2D eigenvalue weighted by Gasteiger charge is -2.17. The SMILES string of the molecule is O=S(=O)(c1c(F)cc(C(F)(F)F)cc1F)N1C[C@@H](O)[C@H](O)C1. The number of alkyl halides is 3. The molecule has 0 bridgehead atoms. The van der Waals surface area contributed by atoms with Gasteiger partial charge in [-0.05, 0) is 12.1 Å². The summed E-state index contributed by atoms with van der Waals surface area (Å²) in [7, 11) is -4.83. The van der Waals surface area contributed by atoms with Gasteiger partial charge in [-0.25, -0.2) is 17.2 Å². The number of hydrogen-bond acceptors (Lipinski definition) is 4. The van der Waals surface area contributed by atoms with Gasteiger partial charge in [0, 0.05) is 13.1 Å². The fraction of sp³-hybridized carbons (Fsp3) is 0.455. The number of benzene rings is 1. The Bertz CT molecular complexity index is 657. The van der Waals surface area contributed by atoms with Gasteiger partial charge in [0.1, 0.15) is 11.6 Å². The molecule has 11 heteroatoms. The zero-order chi connectivity index (χ0) is 16.9. The predicted molar refractivity (Wildman–Crippen MR) is 62.1 cm³/mol. The molecule has 0 radical (unpaired) electrons. The standard InChI is InChI=1S/C11H10F5NO4S/c12-6-1-5(11(14,15)16)2-7(13)10(6)22(20,21)17-3-8(18)9(19)4-17/h1-2,8-9,18-19H,3-4H2/t8-,9-/m1/s1. The first-order valence-electron chi connectivity index (χ1n) is 5.87. The monoisotopic (exact) mass is 347 g/mol. The first-order chi connectivity index (χ1) is 9.94. The van der Waals surface area contributed by atoms with Crippen LogP contribution in [0.5, 0.6) is 0 Å². The maximum Gasteiger partial charge on any atom is 0.416 e. The maximum absolute atomic E-state index is 13.7. The Morgan fingerprint density at radius 3 is 1.82 bits per heavy atom. The van der Waals surface area contributed by atoms with Crippen LogP contribution in [0.15, 0.2) is 17.0 Å². The van der Waals surface area contributed by atoms with Gasteiger partial charge in [-0.3, -0.25) is 0 Å². The second kappa shape index (κ2) is 5.41. The molecule has 0 unspecified atom stereocenters. The van der Waals surface area contributed by atoms with E-state index in [0.29, 0.717) is 4.31 Å². The van der Waals surface area contributed by atoms with Crippen LogP contribution in [0.25, 0.3) is 0 Å². The molecule has 0 amide bonds. The van der Waals surface area contributed by atoms with Gasteiger partial charge in [0.15, 0.2) is 4.90 Å². The van der Waals surface area contributed by atoms with Crippen molar-refractivity contribution >= 4 is 10.0 Å². The third-order valence-corrected chi connectivity index (χ3v) is 5.03. The average molecular weight is 347 g/mol. The summed E-state index contributed by atoms with van der Waals surface area (Å²) in [6.07, 6.45) is -7.94. The van der Waals surface area contributed by atoms with Crippen molar-refractivity contribution in [1.29, 1.82) is 0 Å². The third kappa shape index (κ3) is 2.93. The van der Waals surface area contributed by atoms with Crippen LogP contribution >= 0.6 is 0 Å². The lowest BCUT2D eigenvalue weighted by atomic mass is 10.2. The molecule has 1 aromatic carbocycles. The molecule has 0 aromatic heterocycles. The number of nitrogens with zero attached hydrogens (tertiary/aromatic N) is 1. The minimum atomic E-state index is -5.04. The Labute approximate surface area is 121 Å². The Balaban J connectivity index is 2.49. The van der Waals surface area contributed by atoms with Crippen LogP contribution in [0.3, 0.4) is 0 Å². The van der Waals surface area contributed by atoms with E-state index in [0.717, 1.165) is 0 Å². The van der Waals surface area contributed by atoms with Crippen LogP contribution < -0.4 is 0 Å². The van der Waals surface area contributed by atoms with Crippen LogP contribution in [0, 0.1) is 11.6 Å². The minimum Gasteiger partial charge on any atom is -0.389 e. The van der Waals surface area contributed by atoms with Crippen molar-refractivity contribution < 1.29 is 40.6 Å². The highest BCUT2D eigenvalue weighted by atomic mass is 32.2.